The van der Waals surface area contributed by atoms with Crippen molar-refractivity contribution in [1.29, 1.82) is 0 Å². The molecule has 2 aromatic rings. The molecule has 1 fully saturated rings. The largest absolute Gasteiger partial charge is 0.467 e. The van der Waals surface area contributed by atoms with E-state index in [-0.39, 0.29) is 24.3 Å². The van der Waals surface area contributed by atoms with Crippen molar-refractivity contribution in [3.05, 3.63) is 47.9 Å². The fourth-order valence-electron chi connectivity index (χ4n) is 3.15. The van der Waals surface area contributed by atoms with E-state index in [0.717, 1.165) is 29.9 Å². The first-order chi connectivity index (χ1) is 13.5. The zero-order valence-electron chi connectivity index (χ0n) is 16.6. The number of benzene rings is 1. The summed E-state index contributed by atoms with van der Waals surface area (Å²) >= 11 is 0. The molecule has 0 spiro atoms. The number of amides is 2. The van der Waals surface area contributed by atoms with Crippen LogP contribution >= 0.6 is 0 Å². The van der Waals surface area contributed by atoms with E-state index in [4.69, 9.17) is 9.15 Å². The molecule has 28 heavy (non-hydrogen) atoms. The van der Waals surface area contributed by atoms with Crippen LogP contribution in [0.1, 0.15) is 24.2 Å². The number of anilines is 2. The predicted octanol–water partition coefficient (Wildman–Crippen LogP) is 2.87. The van der Waals surface area contributed by atoms with Crippen LogP contribution in [-0.4, -0.2) is 44.5 Å². The molecule has 1 aromatic carbocycles. The highest BCUT2D eigenvalue weighted by Gasteiger charge is 2.34. The van der Waals surface area contributed by atoms with Crippen LogP contribution in [0.2, 0.25) is 0 Å². The van der Waals surface area contributed by atoms with E-state index in [9.17, 15) is 9.59 Å². The van der Waals surface area contributed by atoms with Gasteiger partial charge in [0.05, 0.1) is 12.8 Å². The number of nitrogens with zero attached hydrogens (tertiary/aromatic N) is 2. The zero-order valence-corrected chi connectivity index (χ0v) is 16.6. The average Bonchev–Trinajstić information content (AvgIpc) is 3.38. The molecule has 0 bridgehead atoms. The van der Waals surface area contributed by atoms with E-state index in [2.05, 4.69) is 5.32 Å². The van der Waals surface area contributed by atoms with Crippen molar-refractivity contribution in [2.24, 2.45) is 5.92 Å². The third-order valence-electron chi connectivity index (χ3n) is 4.65. The van der Waals surface area contributed by atoms with Gasteiger partial charge in [0.2, 0.25) is 11.8 Å². The van der Waals surface area contributed by atoms with Gasteiger partial charge >= 0.3 is 0 Å². The number of furan rings is 1. The first-order valence-corrected chi connectivity index (χ1v) is 9.38. The standard InChI is InChI=1S/C21H27N3O4/c1-23(2)19-9-8-17(22-20(25)14-27-3)11-16(19)12-24(21(26)15-6-7-15)13-18-5-4-10-28-18/h4-5,8-11,15H,6-7,12-14H2,1-3H3,(H,22,25). The second-order valence-electron chi connectivity index (χ2n) is 7.27. The van der Waals surface area contributed by atoms with Crippen LogP contribution in [0, 0.1) is 5.92 Å². The third-order valence-corrected chi connectivity index (χ3v) is 4.65. The van der Waals surface area contributed by atoms with Gasteiger partial charge in [-0.25, -0.2) is 0 Å². The maximum absolute atomic E-state index is 12.8. The Morgan fingerprint density at radius 3 is 2.61 bits per heavy atom. The fourth-order valence-corrected chi connectivity index (χ4v) is 3.15. The normalized spacial score (nSPS) is 13.2. The molecule has 1 aliphatic rings. The second-order valence-corrected chi connectivity index (χ2v) is 7.27. The van der Waals surface area contributed by atoms with Gasteiger partial charge in [-0.3, -0.25) is 9.59 Å². The number of hydrogen-bond donors (Lipinski definition) is 1. The van der Waals surface area contributed by atoms with Crippen LogP contribution in [-0.2, 0) is 27.4 Å². The molecule has 3 rings (SSSR count). The number of rotatable bonds is 9. The summed E-state index contributed by atoms with van der Waals surface area (Å²) in [5.41, 5.74) is 2.64. The Labute approximate surface area is 165 Å². The van der Waals surface area contributed by atoms with Gasteiger partial charge in [-0.05, 0) is 48.7 Å². The summed E-state index contributed by atoms with van der Waals surface area (Å²) in [5, 5.41) is 2.83. The van der Waals surface area contributed by atoms with Crippen molar-refractivity contribution in [2.45, 2.75) is 25.9 Å². The lowest BCUT2D eigenvalue weighted by molar-refractivity contribution is -0.134. The second kappa shape index (κ2) is 8.93. The van der Waals surface area contributed by atoms with Crippen LogP contribution in [0.15, 0.2) is 41.0 Å². The van der Waals surface area contributed by atoms with Gasteiger partial charge in [-0.1, -0.05) is 0 Å². The minimum Gasteiger partial charge on any atom is -0.467 e. The molecule has 1 N–H and O–H groups in total. The first-order valence-electron chi connectivity index (χ1n) is 9.38. The molecule has 2 amide bonds. The minimum atomic E-state index is -0.215. The zero-order chi connectivity index (χ0) is 20.1. The van der Waals surface area contributed by atoms with Gasteiger partial charge in [0.15, 0.2) is 0 Å². The van der Waals surface area contributed by atoms with Crippen molar-refractivity contribution in [3.8, 4) is 0 Å². The van der Waals surface area contributed by atoms with Crippen LogP contribution in [0.3, 0.4) is 0 Å². The number of ether oxygens (including phenoxy) is 1. The number of methoxy groups -OCH3 is 1. The molecule has 1 aromatic heterocycles. The van der Waals surface area contributed by atoms with Crippen LogP contribution in [0.4, 0.5) is 11.4 Å². The Morgan fingerprint density at radius 2 is 2.00 bits per heavy atom. The van der Waals surface area contributed by atoms with E-state index >= 15 is 0 Å². The van der Waals surface area contributed by atoms with Crippen LogP contribution in [0.5, 0.6) is 0 Å². The molecule has 7 nitrogen and oxygen atoms in total. The summed E-state index contributed by atoms with van der Waals surface area (Å²) in [6.07, 6.45) is 3.51. The molecule has 1 aliphatic carbocycles. The number of carbonyl (C=O) groups is 2. The summed E-state index contributed by atoms with van der Waals surface area (Å²) in [5.74, 6) is 0.801. The lowest BCUT2D eigenvalue weighted by Crippen LogP contribution is -2.32. The molecule has 1 saturated carbocycles. The molecule has 0 aliphatic heterocycles. The summed E-state index contributed by atoms with van der Waals surface area (Å²) < 4.78 is 10.3. The molecule has 0 radical (unpaired) electrons. The maximum Gasteiger partial charge on any atom is 0.250 e. The van der Waals surface area contributed by atoms with Crippen LogP contribution < -0.4 is 10.2 Å². The lowest BCUT2D eigenvalue weighted by Gasteiger charge is -2.26. The Balaban J connectivity index is 1.84. The average molecular weight is 385 g/mol. The highest BCUT2D eigenvalue weighted by atomic mass is 16.5. The van der Waals surface area contributed by atoms with Crippen molar-refractivity contribution in [1.82, 2.24) is 4.90 Å². The monoisotopic (exact) mass is 385 g/mol. The molecule has 150 valence electrons. The SMILES string of the molecule is COCC(=O)Nc1ccc(N(C)C)c(CN(Cc2ccco2)C(=O)C2CC2)c1. The van der Waals surface area contributed by atoms with Crippen LogP contribution in [0.25, 0.3) is 0 Å². The van der Waals surface area contributed by atoms with Gasteiger partial charge in [-0.15, -0.1) is 0 Å². The topological polar surface area (TPSA) is 75.0 Å². The minimum absolute atomic E-state index is 0.00441. The Morgan fingerprint density at radius 1 is 1.21 bits per heavy atom. The van der Waals surface area contributed by atoms with Crippen molar-refractivity contribution in [2.75, 3.05) is 38.0 Å². The molecule has 0 unspecified atom stereocenters. The molecule has 1 heterocycles. The summed E-state index contributed by atoms with van der Waals surface area (Å²) in [6.45, 7) is 0.864. The smallest absolute Gasteiger partial charge is 0.250 e. The predicted molar refractivity (Wildman–Crippen MR) is 107 cm³/mol. The Hall–Kier alpha value is -2.80. The molecule has 7 heteroatoms. The summed E-state index contributed by atoms with van der Waals surface area (Å²) in [7, 11) is 5.40. The summed E-state index contributed by atoms with van der Waals surface area (Å²) in [6, 6.07) is 9.42. The molecule has 0 atom stereocenters. The highest BCUT2D eigenvalue weighted by Crippen LogP contribution is 2.33. The Bertz CT molecular complexity index is 813. The maximum atomic E-state index is 12.8. The third kappa shape index (κ3) is 5.13. The lowest BCUT2D eigenvalue weighted by atomic mass is 10.1. The van der Waals surface area contributed by atoms with E-state index < -0.39 is 0 Å². The fraction of sp³-hybridized carbons (Fsp3) is 0.429. The van der Waals surface area contributed by atoms with Crippen molar-refractivity contribution in [3.63, 3.8) is 0 Å². The van der Waals surface area contributed by atoms with Crippen molar-refractivity contribution < 1.29 is 18.7 Å². The van der Waals surface area contributed by atoms with Gasteiger partial charge in [0.25, 0.3) is 0 Å². The van der Waals surface area contributed by atoms with E-state index in [1.54, 1.807) is 6.26 Å². The van der Waals surface area contributed by atoms with Gasteiger partial charge in [0, 0.05) is 45.0 Å². The number of carbonyl (C=O) groups excluding carboxylic acids is 2. The quantitative estimate of drug-likeness (QED) is 0.718. The van der Waals surface area contributed by atoms with E-state index in [1.807, 2.05) is 54.2 Å². The van der Waals surface area contributed by atoms with Crippen molar-refractivity contribution >= 4 is 23.2 Å². The van der Waals surface area contributed by atoms with Gasteiger partial charge in [0.1, 0.15) is 12.4 Å². The molecular formula is C21H27N3O4. The summed E-state index contributed by atoms with van der Waals surface area (Å²) in [4.78, 5) is 28.5. The first kappa shape index (κ1) is 19.9. The Kier molecular flexibility index (Phi) is 6.36. The van der Waals surface area contributed by atoms with E-state index in [0.29, 0.717) is 18.8 Å². The highest BCUT2D eigenvalue weighted by molar-refractivity contribution is 5.92. The van der Waals surface area contributed by atoms with Gasteiger partial charge < -0.3 is 24.3 Å². The van der Waals surface area contributed by atoms with E-state index in [1.165, 1.54) is 7.11 Å². The number of hydrogen-bond acceptors (Lipinski definition) is 5. The number of nitrogens with one attached hydrogen (secondary N) is 1. The van der Waals surface area contributed by atoms with Gasteiger partial charge in [-0.2, -0.15) is 0 Å². The molecular weight excluding hydrogens is 358 g/mol. The molecule has 0 saturated heterocycles.